The molecular formula is C19H28O6. The first-order valence-electron chi connectivity index (χ1n) is 8.89. The Kier molecular flexibility index (Phi) is 8.34. The van der Waals surface area contributed by atoms with Crippen LogP contribution < -0.4 is 0 Å². The van der Waals surface area contributed by atoms with E-state index >= 15 is 0 Å². The van der Waals surface area contributed by atoms with Gasteiger partial charge in [-0.3, -0.25) is 0 Å². The zero-order valence-corrected chi connectivity index (χ0v) is 15.2. The Hall–Kier alpha value is -1.47. The van der Waals surface area contributed by atoms with Gasteiger partial charge in [-0.2, -0.15) is 0 Å². The summed E-state index contributed by atoms with van der Waals surface area (Å²) < 4.78 is 28.7. The van der Waals surface area contributed by atoms with Crippen molar-refractivity contribution in [3.8, 4) is 0 Å². The average Bonchev–Trinajstić information content (AvgIpc) is 2.64. The molecule has 1 heterocycles. The van der Waals surface area contributed by atoms with E-state index in [9.17, 15) is 4.79 Å². The molecule has 2 rings (SSSR count). The molecule has 0 amide bonds. The normalized spacial score (nSPS) is 26.4. The molecule has 1 saturated heterocycles. The molecule has 0 radical (unpaired) electrons. The second-order valence-electron chi connectivity index (χ2n) is 5.68. The van der Waals surface area contributed by atoms with Gasteiger partial charge in [0.25, 0.3) is 0 Å². The summed E-state index contributed by atoms with van der Waals surface area (Å²) in [6.45, 7) is 8.06. The van der Waals surface area contributed by atoms with Crippen LogP contribution in [0.1, 0.15) is 31.1 Å². The number of ether oxygens (including phenoxy) is 5. The van der Waals surface area contributed by atoms with Crippen LogP contribution >= 0.6 is 0 Å². The van der Waals surface area contributed by atoms with Crippen LogP contribution in [0.25, 0.3) is 0 Å². The summed E-state index contributed by atoms with van der Waals surface area (Å²) in [7, 11) is 0. The van der Waals surface area contributed by atoms with E-state index in [0.29, 0.717) is 38.6 Å². The van der Waals surface area contributed by atoms with Gasteiger partial charge in [-0.05, 0) is 32.9 Å². The van der Waals surface area contributed by atoms with E-state index in [1.54, 1.807) is 24.3 Å². The van der Waals surface area contributed by atoms with Gasteiger partial charge in [-0.1, -0.05) is 18.2 Å². The molecule has 1 fully saturated rings. The van der Waals surface area contributed by atoms with E-state index < -0.39 is 18.2 Å². The molecular weight excluding hydrogens is 324 g/mol. The first-order chi connectivity index (χ1) is 12.2. The predicted molar refractivity (Wildman–Crippen MR) is 92.7 cm³/mol. The second kappa shape index (κ2) is 10.5. The van der Waals surface area contributed by atoms with E-state index in [1.807, 2.05) is 26.8 Å². The summed E-state index contributed by atoms with van der Waals surface area (Å²) in [4.78, 5) is 12.5. The van der Waals surface area contributed by atoms with E-state index in [4.69, 9.17) is 23.7 Å². The van der Waals surface area contributed by atoms with Gasteiger partial charge in [0, 0.05) is 19.8 Å². The van der Waals surface area contributed by atoms with Gasteiger partial charge in [0.2, 0.25) is 0 Å². The minimum absolute atomic E-state index is 0.281. The standard InChI is InChI=1S/C19H28O6/c1-4-21-12-15-18(25-19(20)14-10-8-7-9-11-14)17(23-6-3)16(13-24-15)22-5-2/h7-11,15-18H,4-6,12-13H2,1-3H3/t15-,16+,17-,18-/m1/s1. The number of benzene rings is 1. The van der Waals surface area contributed by atoms with Crippen LogP contribution in [0.5, 0.6) is 0 Å². The molecule has 25 heavy (non-hydrogen) atoms. The molecule has 1 aliphatic heterocycles. The minimum atomic E-state index is -0.593. The van der Waals surface area contributed by atoms with Crippen LogP contribution in [0.15, 0.2) is 30.3 Å². The highest BCUT2D eigenvalue weighted by Crippen LogP contribution is 2.25. The average molecular weight is 352 g/mol. The molecule has 6 nitrogen and oxygen atoms in total. The van der Waals surface area contributed by atoms with Crippen molar-refractivity contribution >= 4 is 5.97 Å². The van der Waals surface area contributed by atoms with Crippen molar-refractivity contribution in [1.82, 2.24) is 0 Å². The summed E-state index contributed by atoms with van der Waals surface area (Å²) in [5.74, 6) is -0.405. The van der Waals surface area contributed by atoms with Crippen LogP contribution in [0.4, 0.5) is 0 Å². The number of esters is 1. The molecule has 0 saturated carbocycles. The lowest BCUT2D eigenvalue weighted by molar-refractivity contribution is -0.223. The summed E-state index contributed by atoms with van der Waals surface area (Å²) in [6, 6.07) is 8.90. The Morgan fingerprint density at radius 1 is 1.04 bits per heavy atom. The Morgan fingerprint density at radius 2 is 1.76 bits per heavy atom. The van der Waals surface area contributed by atoms with Gasteiger partial charge < -0.3 is 23.7 Å². The zero-order chi connectivity index (χ0) is 18.1. The van der Waals surface area contributed by atoms with Gasteiger partial charge in [-0.25, -0.2) is 4.79 Å². The molecule has 4 atom stereocenters. The summed E-state index contributed by atoms with van der Waals surface area (Å²) in [5.41, 5.74) is 0.492. The van der Waals surface area contributed by atoms with Crippen molar-refractivity contribution in [2.24, 2.45) is 0 Å². The van der Waals surface area contributed by atoms with Crippen molar-refractivity contribution in [1.29, 1.82) is 0 Å². The molecule has 6 heteroatoms. The van der Waals surface area contributed by atoms with Gasteiger partial charge in [-0.15, -0.1) is 0 Å². The Balaban J connectivity index is 2.17. The van der Waals surface area contributed by atoms with E-state index in [-0.39, 0.29) is 12.2 Å². The van der Waals surface area contributed by atoms with Crippen molar-refractivity contribution in [3.05, 3.63) is 35.9 Å². The summed E-state index contributed by atoms with van der Waals surface area (Å²) >= 11 is 0. The Labute approximate surface area is 149 Å². The highest BCUT2D eigenvalue weighted by Gasteiger charge is 2.44. The lowest BCUT2D eigenvalue weighted by Gasteiger charge is -2.41. The Morgan fingerprint density at radius 3 is 2.40 bits per heavy atom. The van der Waals surface area contributed by atoms with E-state index in [0.717, 1.165) is 0 Å². The molecule has 0 bridgehead atoms. The maximum Gasteiger partial charge on any atom is 0.338 e. The number of rotatable bonds is 9. The third-order valence-electron chi connectivity index (χ3n) is 4.01. The lowest BCUT2D eigenvalue weighted by Crippen LogP contribution is -2.58. The van der Waals surface area contributed by atoms with Crippen LogP contribution in [0.3, 0.4) is 0 Å². The highest BCUT2D eigenvalue weighted by atomic mass is 16.6. The van der Waals surface area contributed by atoms with Gasteiger partial charge in [0.05, 0.1) is 18.8 Å². The van der Waals surface area contributed by atoms with Gasteiger partial charge in [0.15, 0.2) is 6.10 Å². The number of carbonyl (C=O) groups excluding carboxylic acids is 1. The van der Waals surface area contributed by atoms with Crippen LogP contribution in [-0.4, -0.2) is 63.4 Å². The van der Waals surface area contributed by atoms with Crippen molar-refractivity contribution in [2.45, 2.75) is 45.2 Å². The third kappa shape index (κ3) is 5.51. The number of carbonyl (C=O) groups is 1. The van der Waals surface area contributed by atoms with Gasteiger partial charge in [0.1, 0.15) is 18.3 Å². The fourth-order valence-corrected chi connectivity index (χ4v) is 2.87. The molecule has 1 aromatic carbocycles. The maximum atomic E-state index is 12.5. The monoisotopic (exact) mass is 352 g/mol. The fourth-order valence-electron chi connectivity index (χ4n) is 2.87. The minimum Gasteiger partial charge on any atom is -0.453 e. The van der Waals surface area contributed by atoms with Crippen LogP contribution in [0.2, 0.25) is 0 Å². The van der Waals surface area contributed by atoms with Gasteiger partial charge >= 0.3 is 5.97 Å². The van der Waals surface area contributed by atoms with Crippen molar-refractivity contribution in [2.75, 3.05) is 33.0 Å². The topological polar surface area (TPSA) is 63.2 Å². The third-order valence-corrected chi connectivity index (χ3v) is 4.01. The van der Waals surface area contributed by atoms with Crippen LogP contribution in [-0.2, 0) is 23.7 Å². The SMILES string of the molecule is CCOC[C@H]1OC[C@H](OCC)[C@@H](OCC)[C@@H]1OC(=O)c1ccccc1. The maximum absolute atomic E-state index is 12.5. The zero-order valence-electron chi connectivity index (χ0n) is 15.2. The first kappa shape index (κ1) is 19.8. The molecule has 0 aromatic heterocycles. The quantitative estimate of drug-likeness (QED) is 0.636. The molecule has 0 N–H and O–H groups in total. The molecule has 0 spiro atoms. The van der Waals surface area contributed by atoms with Crippen molar-refractivity contribution in [3.63, 3.8) is 0 Å². The number of hydrogen-bond donors (Lipinski definition) is 0. The molecule has 1 aliphatic rings. The lowest BCUT2D eigenvalue weighted by atomic mass is 9.99. The number of hydrogen-bond acceptors (Lipinski definition) is 6. The molecule has 140 valence electrons. The summed E-state index contributed by atoms with van der Waals surface area (Å²) in [6.07, 6.45) is -1.65. The smallest absolute Gasteiger partial charge is 0.338 e. The molecule has 0 unspecified atom stereocenters. The molecule has 0 aliphatic carbocycles. The second-order valence-corrected chi connectivity index (χ2v) is 5.68. The van der Waals surface area contributed by atoms with E-state index in [2.05, 4.69) is 0 Å². The summed E-state index contributed by atoms with van der Waals surface area (Å²) in [5, 5.41) is 0. The fraction of sp³-hybridized carbons (Fsp3) is 0.632. The van der Waals surface area contributed by atoms with Crippen LogP contribution in [0, 0.1) is 0 Å². The first-order valence-corrected chi connectivity index (χ1v) is 8.89. The predicted octanol–water partition coefficient (Wildman–Crippen LogP) is 2.46. The largest absolute Gasteiger partial charge is 0.453 e. The van der Waals surface area contributed by atoms with Crippen molar-refractivity contribution < 1.29 is 28.5 Å². The Bertz CT molecular complexity index is 506. The van der Waals surface area contributed by atoms with E-state index in [1.165, 1.54) is 0 Å². The molecule has 1 aromatic rings. The highest BCUT2D eigenvalue weighted by molar-refractivity contribution is 5.89.